The van der Waals surface area contributed by atoms with Crippen molar-refractivity contribution in [3.05, 3.63) is 26.9 Å². The van der Waals surface area contributed by atoms with E-state index in [4.69, 9.17) is 23.8 Å². The molecule has 0 saturated carbocycles. The van der Waals surface area contributed by atoms with Crippen LogP contribution in [0.25, 0.3) is 10.6 Å². The van der Waals surface area contributed by atoms with Crippen molar-refractivity contribution >= 4 is 44.5 Å². The van der Waals surface area contributed by atoms with Gasteiger partial charge in [-0.05, 0) is 12.5 Å². The van der Waals surface area contributed by atoms with Gasteiger partial charge in [-0.15, -0.1) is 0 Å². The third-order valence-electron chi connectivity index (χ3n) is 1.73. The lowest BCUT2D eigenvalue weighted by molar-refractivity contribution is 1.17. The highest BCUT2D eigenvalue weighted by Gasteiger charge is 2.11. The van der Waals surface area contributed by atoms with Crippen molar-refractivity contribution in [2.24, 2.45) is 0 Å². The molecule has 0 aromatic carbocycles. The molecule has 0 radical (unpaired) electrons. The molecule has 2 heterocycles. The van der Waals surface area contributed by atoms with Crippen molar-refractivity contribution in [3.63, 3.8) is 0 Å². The first-order valence-electron chi connectivity index (χ1n) is 3.75. The molecule has 0 aliphatic rings. The molecule has 2 aromatic heterocycles. The minimum atomic E-state index is 0.569. The fourth-order valence-electron chi connectivity index (χ4n) is 0.994. The van der Waals surface area contributed by atoms with E-state index in [2.05, 4.69) is 9.97 Å². The summed E-state index contributed by atoms with van der Waals surface area (Å²) in [7, 11) is 3.18. The predicted octanol–water partition coefficient (Wildman–Crippen LogP) is 3.96. The SMILES string of the molecule is Cc1c(-c2ncncc2Cl)ssc1=S. The molecule has 0 unspecified atom stereocenters. The first kappa shape index (κ1) is 10.2. The maximum atomic E-state index is 5.99. The van der Waals surface area contributed by atoms with Gasteiger partial charge in [0.25, 0.3) is 0 Å². The van der Waals surface area contributed by atoms with Gasteiger partial charge in [-0.2, -0.15) is 0 Å². The zero-order chi connectivity index (χ0) is 10.1. The number of hydrogen-bond donors (Lipinski definition) is 0. The number of halogens is 1. The quantitative estimate of drug-likeness (QED) is 0.573. The highest BCUT2D eigenvalue weighted by atomic mass is 35.5. The van der Waals surface area contributed by atoms with Crippen molar-refractivity contribution < 1.29 is 0 Å². The van der Waals surface area contributed by atoms with E-state index in [9.17, 15) is 0 Å². The van der Waals surface area contributed by atoms with Crippen LogP contribution in [0.4, 0.5) is 0 Å². The number of rotatable bonds is 1. The predicted molar refractivity (Wildman–Crippen MR) is 63.8 cm³/mol. The molecule has 0 fully saturated rings. The monoisotopic (exact) mass is 260 g/mol. The molecule has 0 aliphatic carbocycles. The van der Waals surface area contributed by atoms with E-state index in [1.807, 2.05) is 6.92 Å². The van der Waals surface area contributed by atoms with E-state index in [0.29, 0.717) is 5.02 Å². The van der Waals surface area contributed by atoms with Crippen LogP contribution in [0.3, 0.4) is 0 Å². The van der Waals surface area contributed by atoms with Crippen LogP contribution in [0.1, 0.15) is 5.56 Å². The second kappa shape index (κ2) is 4.02. The van der Waals surface area contributed by atoms with E-state index >= 15 is 0 Å². The van der Waals surface area contributed by atoms with Crippen molar-refractivity contribution in [1.82, 2.24) is 9.97 Å². The van der Waals surface area contributed by atoms with E-state index in [1.165, 1.54) is 6.33 Å². The summed E-state index contributed by atoms with van der Waals surface area (Å²) in [6.07, 6.45) is 3.09. The molecule has 0 bridgehead atoms. The molecule has 0 N–H and O–H groups in total. The summed E-state index contributed by atoms with van der Waals surface area (Å²) in [5.74, 6) is 0. The normalized spacial score (nSPS) is 10.4. The first-order chi connectivity index (χ1) is 6.70. The first-order valence-corrected chi connectivity index (χ1v) is 6.69. The summed E-state index contributed by atoms with van der Waals surface area (Å²) in [5, 5.41) is 0.569. The zero-order valence-electron chi connectivity index (χ0n) is 7.15. The van der Waals surface area contributed by atoms with Crippen LogP contribution >= 0.6 is 44.5 Å². The molecule has 0 atom stereocenters. The molecule has 2 aromatic rings. The van der Waals surface area contributed by atoms with Gasteiger partial charge in [-0.1, -0.05) is 44.5 Å². The van der Waals surface area contributed by atoms with Gasteiger partial charge in [0.2, 0.25) is 0 Å². The lowest BCUT2D eigenvalue weighted by Crippen LogP contribution is -1.85. The van der Waals surface area contributed by atoms with Crippen molar-refractivity contribution in [2.45, 2.75) is 6.92 Å². The number of aromatic nitrogens is 2. The van der Waals surface area contributed by atoms with Gasteiger partial charge < -0.3 is 0 Å². The smallest absolute Gasteiger partial charge is 0.116 e. The van der Waals surface area contributed by atoms with Crippen LogP contribution in [0.15, 0.2) is 12.5 Å². The maximum absolute atomic E-state index is 5.99. The van der Waals surface area contributed by atoms with Crippen molar-refractivity contribution in [2.75, 3.05) is 0 Å². The number of nitrogens with zero attached hydrogens (tertiary/aromatic N) is 2. The van der Waals surface area contributed by atoms with E-state index in [0.717, 1.165) is 20.0 Å². The largest absolute Gasteiger partial charge is 0.243 e. The van der Waals surface area contributed by atoms with Crippen LogP contribution in [-0.4, -0.2) is 9.97 Å². The fraction of sp³-hybridized carbons (Fsp3) is 0.125. The molecule has 14 heavy (non-hydrogen) atoms. The Labute approximate surface area is 98.6 Å². The Bertz CT molecular complexity index is 517. The summed E-state index contributed by atoms with van der Waals surface area (Å²) in [6, 6.07) is 0. The average Bonchev–Trinajstić information content (AvgIpc) is 2.49. The molecule has 0 spiro atoms. The summed E-state index contributed by atoms with van der Waals surface area (Å²) in [5.41, 5.74) is 1.85. The molecule has 2 rings (SSSR count). The van der Waals surface area contributed by atoms with E-state index in [-0.39, 0.29) is 0 Å². The number of hydrogen-bond acceptors (Lipinski definition) is 5. The lowest BCUT2D eigenvalue weighted by atomic mass is 10.2. The minimum Gasteiger partial charge on any atom is -0.243 e. The maximum Gasteiger partial charge on any atom is 0.116 e. The van der Waals surface area contributed by atoms with Crippen LogP contribution in [-0.2, 0) is 0 Å². The Kier molecular flexibility index (Phi) is 2.92. The van der Waals surface area contributed by atoms with Crippen molar-refractivity contribution in [1.29, 1.82) is 0 Å². The van der Waals surface area contributed by atoms with Gasteiger partial charge in [0, 0.05) is 6.20 Å². The highest BCUT2D eigenvalue weighted by Crippen LogP contribution is 2.35. The van der Waals surface area contributed by atoms with Gasteiger partial charge in [-0.25, -0.2) is 9.97 Å². The molecule has 0 aliphatic heterocycles. The van der Waals surface area contributed by atoms with Crippen LogP contribution in [0.2, 0.25) is 5.02 Å². The summed E-state index contributed by atoms with van der Waals surface area (Å²) in [6.45, 7) is 1.99. The standard InChI is InChI=1S/C8H5ClN2S3/c1-4-7(13-14-8(4)12)6-5(9)2-10-3-11-6/h2-3H,1H3. The second-order valence-corrected chi connectivity index (χ2v) is 5.85. The van der Waals surface area contributed by atoms with E-state index in [1.54, 1.807) is 26.9 Å². The van der Waals surface area contributed by atoms with E-state index < -0.39 is 0 Å². The Morgan fingerprint density at radius 1 is 1.43 bits per heavy atom. The molecule has 6 heteroatoms. The topological polar surface area (TPSA) is 25.8 Å². The van der Waals surface area contributed by atoms with Gasteiger partial charge in [0.05, 0.1) is 9.90 Å². The summed E-state index contributed by atoms with van der Waals surface area (Å²) < 4.78 is 0.902. The van der Waals surface area contributed by atoms with Crippen LogP contribution < -0.4 is 0 Å². The Balaban J connectivity index is 2.66. The van der Waals surface area contributed by atoms with Gasteiger partial charge in [-0.3, -0.25) is 0 Å². The zero-order valence-corrected chi connectivity index (χ0v) is 10.4. The molecule has 0 saturated heterocycles. The summed E-state index contributed by atoms with van der Waals surface area (Å²) in [4.78, 5) is 9.04. The van der Waals surface area contributed by atoms with Crippen LogP contribution in [0, 0.1) is 10.7 Å². The molecule has 72 valence electrons. The van der Waals surface area contributed by atoms with Crippen LogP contribution in [0.5, 0.6) is 0 Å². The molecular formula is C8H5ClN2S3. The highest BCUT2D eigenvalue weighted by molar-refractivity contribution is 7.80. The molecular weight excluding hydrogens is 256 g/mol. The second-order valence-electron chi connectivity index (χ2n) is 2.63. The minimum absolute atomic E-state index is 0.569. The molecule has 2 nitrogen and oxygen atoms in total. The Hall–Kier alpha value is -0.360. The third-order valence-corrected chi connectivity index (χ3v) is 5.34. The van der Waals surface area contributed by atoms with Crippen molar-refractivity contribution in [3.8, 4) is 10.6 Å². The summed E-state index contributed by atoms with van der Waals surface area (Å²) >= 11 is 11.2. The van der Waals surface area contributed by atoms with Gasteiger partial charge in [0.15, 0.2) is 0 Å². The average molecular weight is 261 g/mol. The van der Waals surface area contributed by atoms with Gasteiger partial charge in [0.1, 0.15) is 15.8 Å². The lowest BCUT2D eigenvalue weighted by Gasteiger charge is -1.99. The Morgan fingerprint density at radius 2 is 2.21 bits per heavy atom. The Morgan fingerprint density at radius 3 is 2.79 bits per heavy atom. The molecule has 0 amide bonds. The third kappa shape index (κ3) is 1.72. The van der Waals surface area contributed by atoms with Gasteiger partial charge >= 0.3 is 0 Å². The fourth-order valence-corrected chi connectivity index (χ4v) is 4.11.